The molecule has 0 aliphatic heterocycles. The smallest absolute Gasteiger partial charge is 0.264 e. The lowest BCUT2D eigenvalue weighted by molar-refractivity contribution is -0.140. The maximum atomic E-state index is 14.1. The Hall–Kier alpha value is -2.98. The molecule has 1 atom stereocenters. The number of hydrogen-bond acceptors (Lipinski definition) is 5. The highest BCUT2D eigenvalue weighted by Crippen LogP contribution is 2.28. The number of anilines is 1. The van der Waals surface area contributed by atoms with Crippen molar-refractivity contribution in [2.24, 2.45) is 5.92 Å². The molecule has 226 valence electrons. The summed E-state index contributed by atoms with van der Waals surface area (Å²) in [6, 6.07) is 16.0. The highest BCUT2D eigenvalue weighted by atomic mass is 35.5. The molecule has 0 aromatic heterocycles. The summed E-state index contributed by atoms with van der Waals surface area (Å²) in [5.41, 5.74) is 0.860. The molecule has 2 amide bonds. The third-order valence-electron chi connectivity index (χ3n) is 6.45. The molecule has 8 nitrogen and oxygen atoms in total. The molecule has 0 heterocycles. The molecule has 0 saturated carbocycles. The van der Waals surface area contributed by atoms with E-state index in [9.17, 15) is 18.0 Å². The van der Waals surface area contributed by atoms with Crippen molar-refractivity contribution in [2.45, 2.75) is 44.7 Å². The molecular formula is C30H34Cl3N3O5S. The predicted octanol–water partition coefficient (Wildman–Crippen LogP) is 6.43. The number of amides is 2. The number of sulfonamides is 1. The number of rotatable bonds is 13. The monoisotopic (exact) mass is 653 g/mol. The first kappa shape index (κ1) is 33.5. The zero-order chi connectivity index (χ0) is 31.0. The Labute approximate surface area is 262 Å². The Kier molecular flexibility index (Phi) is 11.9. The third-order valence-corrected chi connectivity index (χ3v) is 9.23. The molecule has 3 aromatic carbocycles. The summed E-state index contributed by atoms with van der Waals surface area (Å²) in [6.07, 6.45) is 0.295. The molecule has 0 spiro atoms. The number of carbonyl (C=O) groups is 2. The van der Waals surface area contributed by atoms with Crippen LogP contribution in [0.25, 0.3) is 0 Å². The van der Waals surface area contributed by atoms with Gasteiger partial charge in [0.05, 0.1) is 27.7 Å². The second-order valence-electron chi connectivity index (χ2n) is 10.00. The molecule has 0 radical (unpaired) electrons. The first-order chi connectivity index (χ1) is 19.9. The van der Waals surface area contributed by atoms with Gasteiger partial charge in [-0.3, -0.25) is 13.9 Å². The Bertz CT molecular complexity index is 1480. The van der Waals surface area contributed by atoms with Gasteiger partial charge in [0.15, 0.2) is 0 Å². The average Bonchev–Trinajstić information content (AvgIpc) is 2.96. The summed E-state index contributed by atoms with van der Waals surface area (Å²) < 4.78 is 34.0. The molecule has 42 heavy (non-hydrogen) atoms. The van der Waals surface area contributed by atoms with Crippen molar-refractivity contribution in [2.75, 3.05) is 24.5 Å². The molecule has 0 aliphatic rings. The fourth-order valence-electron chi connectivity index (χ4n) is 4.19. The van der Waals surface area contributed by atoms with Crippen LogP contribution in [0, 0.1) is 5.92 Å². The molecular weight excluding hydrogens is 621 g/mol. The van der Waals surface area contributed by atoms with Crippen molar-refractivity contribution in [1.82, 2.24) is 10.2 Å². The van der Waals surface area contributed by atoms with Crippen LogP contribution >= 0.6 is 34.8 Å². The lowest BCUT2D eigenvalue weighted by Gasteiger charge is -2.33. The van der Waals surface area contributed by atoms with Gasteiger partial charge in [0, 0.05) is 18.1 Å². The predicted molar refractivity (Wildman–Crippen MR) is 168 cm³/mol. The molecule has 1 N–H and O–H groups in total. The fourth-order valence-corrected chi connectivity index (χ4v) is 6.05. The number of nitrogens with one attached hydrogen (secondary N) is 1. The first-order valence-electron chi connectivity index (χ1n) is 13.3. The van der Waals surface area contributed by atoms with Crippen LogP contribution in [0.4, 0.5) is 5.69 Å². The zero-order valence-corrected chi connectivity index (χ0v) is 26.9. The SMILES string of the molecule is CC[C@H](C(=O)NCC(C)C)N(Cc1ccc(Cl)c(Cl)c1)C(=O)CN(c1ccc(Cl)cc1)S(=O)(=O)c1ccc(OC)cc1. The normalized spacial score (nSPS) is 12.1. The summed E-state index contributed by atoms with van der Waals surface area (Å²) in [7, 11) is -2.75. The van der Waals surface area contributed by atoms with Crippen LogP contribution in [0.3, 0.4) is 0 Å². The third kappa shape index (κ3) is 8.53. The number of benzene rings is 3. The van der Waals surface area contributed by atoms with Crippen molar-refractivity contribution in [3.63, 3.8) is 0 Å². The van der Waals surface area contributed by atoms with Gasteiger partial charge in [-0.1, -0.05) is 61.6 Å². The Morgan fingerprint density at radius 1 is 0.929 bits per heavy atom. The quantitative estimate of drug-likeness (QED) is 0.229. The van der Waals surface area contributed by atoms with Crippen LogP contribution in [-0.2, 0) is 26.2 Å². The van der Waals surface area contributed by atoms with E-state index in [1.54, 1.807) is 37.3 Å². The second kappa shape index (κ2) is 15.0. The van der Waals surface area contributed by atoms with E-state index >= 15 is 0 Å². The second-order valence-corrected chi connectivity index (χ2v) is 13.1. The minimum atomic E-state index is -4.23. The molecule has 0 unspecified atom stereocenters. The molecule has 0 saturated heterocycles. The van der Waals surface area contributed by atoms with Gasteiger partial charge < -0.3 is 15.0 Å². The minimum Gasteiger partial charge on any atom is -0.497 e. The highest BCUT2D eigenvalue weighted by Gasteiger charge is 2.33. The standard InChI is InChI=1S/C30H34Cl3N3O5S/c1-5-28(30(38)34-17-20(2)3)35(18-21-6-15-26(32)27(33)16-21)29(37)19-36(23-9-7-22(31)8-10-23)42(39,40)25-13-11-24(41-4)12-14-25/h6-16,20,28H,5,17-19H2,1-4H3,(H,34,38)/t28-/m1/s1. The topological polar surface area (TPSA) is 96.0 Å². The average molecular weight is 655 g/mol. The van der Waals surface area contributed by atoms with Crippen LogP contribution in [0.5, 0.6) is 5.75 Å². The first-order valence-corrected chi connectivity index (χ1v) is 15.9. The zero-order valence-electron chi connectivity index (χ0n) is 23.8. The van der Waals surface area contributed by atoms with E-state index in [-0.39, 0.29) is 29.0 Å². The summed E-state index contributed by atoms with van der Waals surface area (Å²) in [5.74, 6) is -0.245. The fraction of sp³-hybridized carbons (Fsp3) is 0.333. The largest absolute Gasteiger partial charge is 0.497 e. The number of hydrogen-bond donors (Lipinski definition) is 1. The Morgan fingerprint density at radius 3 is 2.12 bits per heavy atom. The summed E-state index contributed by atoms with van der Waals surface area (Å²) in [5, 5.41) is 3.94. The van der Waals surface area contributed by atoms with E-state index in [1.807, 2.05) is 13.8 Å². The highest BCUT2D eigenvalue weighted by molar-refractivity contribution is 7.92. The van der Waals surface area contributed by atoms with Gasteiger partial charge in [-0.2, -0.15) is 0 Å². The van der Waals surface area contributed by atoms with Crippen molar-refractivity contribution in [3.05, 3.63) is 87.4 Å². The van der Waals surface area contributed by atoms with Crippen LogP contribution < -0.4 is 14.4 Å². The number of methoxy groups -OCH3 is 1. The van der Waals surface area contributed by atoms with Crippen LogP contribution in [0.2, 0.25) is 15.1 Å². The summed E-state index contributed by atoms with van der Waals surface area (Å²) in [4.78, 5) is 28.7. The number of ether oxygens (including phenoxy) is 1. The van der Waals surface area contributed by atoms with Crippen molar-refractivity contribution in [3.8, 4) is 5.75 Å². The van der Waals surface area contributed by atoms with Gasteiger partial charge in [-0.05, 0) is 78.6 Å². The molecule has 3 aromatic rings. The van der Waals surface area contributed by atoms with E-state index in [1.165, 1.54) is 48.4 Å². The van der Waals surface area contributed by atoms with Gasteiger partial charge in [0.25, 0.3) is 10.0 Å². The maximum absolute atomic E-state index is 14.1. The summed E-state index contributed by atoms with van der Waals surface area (Å²) >= 11 is 18.4. The van der Waals surface area contributed by atoms with Gasteiger partial charge in [0.1, 0.15) is 18.3 Å². The molecule has 0 fully saturated rings. The maximum Gasteiger partial charge on any atom is 0.264 e. The minimum absolute atomic E-state index is 0.000366. The molecule has 3 rings (SSSR count). The van der Waals surface area contributed by atoms with Crippen molar-refractivity contribution < 1.29 is 22.7 Å². The lowest BCUT2D eigenvalue weighted by atomic mass is 10.1. The van der Waals surface area contributed by atoms with E-state index in [4.69, 9.17) is 39.5 Å². The Balaban J connectivity index is 2.06. The number of halogens is 3. The summed E-state index contributed by atoms with van der Waals surface area (Å²) in [6.45, 7) is 5.57. The van der Waals surface area contributed by atoms with Gasteiger partial charge in [0.2, 0.25) is 11.8 Å². The van der Waals surface area contributed by atoms with Crippen molar-refractivity contribution in [1.29, 1.82) is 0 Å². The van der Waals surface area contributed by atoms with Gasteiger partial charge in [-0.25, -0.2) is 8.42 Å². The lowest BCUT2D eigenvalue weighted by Crippen LogP contribution is -2.52. The van der Waals surface area contributed by atoms with Gasteiger partial charge >= 0.3 is 0 Å². The van der Waals surface area contributed by atoms with Crippen LogP contribution in [0.15, 0.2) is 71.6 Å². The Morgan fingerprint density at radius 2 is 1.57 bits per heavy atom. The van der Waals surface area contributed by atoms with E-state index in [2.05, 4.69) is 5.32 Å². The van der Waals surface area contributed by atoms with Gasteiger partial charge in [-0.15, -0.1) is 0 Å². The van der Waals surface area contributed by atoms with Crippen molar-refractivity contribution >= 4 is 62.3 Å². The van der Waals surface area contributed by atoms with E-state index in [0.717, 1.165) is 4.31 Å². The van der Waals surface area contributed by atoms with E-state index < -0.39 is 28.5 Å². The van der Waals surface area contributed by atoms with Crippen LogP contribution in [-0.4, -0.2) is 51.4 Å². The number of carbonyl (C=O) groups excluding carboxylic acids is 2. The van der Waals surface area contributed by atoms with E-state index in [0.29, 0.717) is 39.3 Å². The molecule has 0 aliphatic carbocycles. The number of nitrogens with zero attached hydrogens (tertiary/aromatic N) is 2. The molecule has 0 bridgehead atoms. The molecule has 12 heteroatoms. The van der Waals surface area contributed by atoms with Crippen LogP contribution in [0.1, 0.15) is 32.8 Å².